The van der Waals surface area contributed by atoms with E-state index in [1.165, 1.54) is 26.6 Å². The van der Waals surface area contributed by atoms with Crippen molar-refractivity contribution in [2.75, 3.05) is 25.0 Å². The summed E-state index contributed by atoms with van der Waals surface area (Å²) in [5, 5.41) is 4.38. The summed E-state index contributed by atoms with van der Waals surface area (Å²) in [6.45, 7) is 8.78. The highest BCUT2D eigenvalue weighted by molar-refractivity contribution is 7.18. The van der Waals surface area contributed by atoms with Gasteiger partial charge in [0.25, 0.3) is 5.91 Å². The molecule has 1 saturated heterocycles. The van der Waals surface area contributed by atoms with Crippen molar-refractivity contribution in [1.82, 2.24) is 4.98 Å². The normalized spacial score (nSPS) is 19.7. The number of benzene rings is 2. The molecule has 2 aromatic carbocycles. The van der Waals surface area contributed by atoms with Crippen molar-refractivity contribution in [3.05, 3.63) is 58.1 Å². The van der Waals surface area contributed by atoms with Gasteiger partial charge in [-0.25, -0.2) is 4.98 Å². The number of hydrogen-bond donors (Lipinski definition) is 2. The third kappa shape index (κ3) is 4.10. The summed E-state index contributed by atoms with van der Waals surface area (Å²) >= 11 is 1.81. The van der Waals surface area contributed by atoms with Gasteiger partial charge in [0.2, 0.25) is 0 Å². The van der Waals surface area contributed by atoms with Gasteiger partial charge in [-0.1, -0.05) is 29.8 Å². The van der Waals surface area contributed by atoms with E-state index in [2.05, 4.69) is 56.4 Å². The number of carbonyl (C=O) groups is 1. The molecule has 5 heteroatoms. The lowest BCUT2D eigenvalue weighted by Gasteiger charge is -2.28. The molecule has 28 heavy (non-hydrogen) atoms. The highest BCUT2D eigenvalue weighted by Gasteiger charge is 2.28. The molecule has 2 atom stereocenters. The van der Waals surface area contributed by atoms with Crippen LogP contribution in [0.4, 0.5) is 5.69 Å². The number of para-hydroxylation sites is 1. The first-order valence-electron chi connectivity index (χ1n) is 10.1. The van der Waals surface area contributed by atoms with Gasteiger partial charge in [0, 0.05) is 5.69 Å². The number of hydrogen-bond acceptors (Lipinski definition) is 3. The second-order valence-corrected chi connectivity index (χ2v) is 9.12. The zero-order valence-corrected chi connectivity index (χ0v) is 17.7. The van der Waals surface area contributed by atoms with Crippen molar-refractivity contribution < 1.29 is 9.69 Å². The minimum absolute atomic E-state index is 0.106. The molecule has 0 radical (unpaired) electrons. The molecule has 2 heterocycles. The van der Waals surface area contributed by atoms with Gasteiger partial charge in [-0.15, -0.1) is 11.3 Å². The zero-order valence-electron chi connectivity index (χ0n) is 16.8. The van der Waals surface area contributed by atoms with Crippen LogP contribution < -0.4 is 10.2 Å². The number of fused-ring (bicyclic) bond motifs is 1. The van der Waals surface area contributed by atoms with Gasteiger partial charge in [0.15, 0.2) is 6.54 Å². The van der Waals surface area contributed by atoms with E-state index in [0.717, 1.165) is 41.8 Å². The van der Waals surface area contributed by atoms with Crippen molar-refractivity contribution in [3.8, 4) is 0 Å². The van der Waals surface area contributed by atoms with Gasteiger partial charge in [-0.3, -0.25) is 4.79 Å². The van der Waals surface area contributed by atoms with Gasteiger partial charge in [0.1, 0.15) is 5.01 Å². The quantitative estimate of drug-likeness (QED) is 0.710. The summed E-state index contributed by atoms with van der Waals surface area (Å²) in [7, 11) is 0. The molecule has 4 nitrogen and oxygen atoms in total. The first-order valence-corrected chi connectivity index (χ1v) is 10.9. The molecule has 4 rings (SSSR count). The SMILES string of the molecule is Cc1cc(C)c(NC(=O)C[NH+]2CCC[C@H](c3nc4ccccc4s3)C2)c(C)c1. The molecule has 1 fully saturated rings. The summed E-state index contributed by atoms with van der Waals surface area (Å²) in [5.74, 6) is 0.562. The number of nitrogens with zero attached hydrogens (tertiary/aromatic N) is 1. The van der Waals surface area contributed by atoms with Crippen molar-refractivity contribution in [3.63, 3.8) is 0 Å². The van der Waals surface area contributed by atoms with E-state index in [1.807, 2.05) is 17.4 Å². The van der Waals surface area contributed by atoms with Crippen LogP contribution >= 0.6 is 11.3 Å². The van der Waals surface area contributed by atoms with Crippen LogP contribution in [0.3, 0.4) is 0 Å². The Kier molecular flexibility index (Phi) is 5.47. The van der Waals surface area contributed by atoms with Crippen LogP contribution in [0.25, 0.3) is 10.2 Å². The Hall–Kier alpha value is -2.24. The van der Waals surface area contributed by atoms with Crippen molar-refractivity contribution >= 4 is 33.1 Å². The molecule has 1 amide bonds. The number of anilines is 1. The van der Waals surface area contributed by atoms with E-state index < -0.39 is 0 Å². The summed E-state index contributed by atoms with van der Waals surface area (Å²) in [4.78, 5) is 18.9. The second kappa shape index (κ2) is 8.02. The predicted molar refractivity (Wildman–Crippen MR) is 116 cm³/mol. The number of carbonyl (C=O) groups excluding carboxylic acids is 1. The Bertz CT molecular complexity index is 954. The number of nitrogens with one attached hydrogen (secondary N) is 2. The summed E-state index contributed by atoms with van der Waals surface area (Å²) in [6, 6.07) is 12.6. The molecule has 146 valence electrons. The van der Waals surface area contributed by atoms with Crippen molar-refractivity contribution in [2.24, 2.45) is 0 Å². The molecule has 2 N–H and O–H groups in total. The summed E-state index contributed by atoms with van der Waals surface area (Å²) < 4.78 is 1.26. The third-order valence-electron chi connectivity index (χ3n) is 5.63. The minimum Gasteiger partial charge on any atom is -0.327 e. The molecular formula is C23H28N3OS+. The van der Waals surface area contributed by atoms with E-state index >= 15 is 0 Å². The topological polar surface area (TPSA) is 46.4 Å². The monoisotopic (exact) mass is 394 g/mol. The maximum absolute atomic E-state index is 12.7. The Labute approximate surface area is 170 Å². The van der Waals surface area contributed by atoms with Crippen molar-refractivity contribution in [1.29, 1.82) is 0 Å². The minimum atomic E-state index is 0.106. The molecule has 1 aliphatic heterocycles. The van der Waals surface area contributed by atoms with E-state index in [0.29, 0.717) is 12.5 Å². The number of thiazole rings is 1. The van der Waals surface area contributed by atoms with Crippen LogP contribution in [0.2, 0.25) is 0 Å². The summed E-state index contributed by atoms with van der Waals surface area (Å²) in [6.07, 6.45) is 2.31. The highest BCUT2D eigenvalue weighted by Crippen LogP contribution is 2.30. The Morgan fingerprint density at radius 1 is 1.21 bits per heavy atom. The molecule has 1 aromatic heterocycles. The molecule has 0 bridgehead atoms. The molecular weight excluding hydrogens is 366 g/mol. The molecule has 1 unspecified atom stereocenters. The fourth-order valence-corrected chi connectivity index (χ4v) is 5.48. The maximum Gasteiger partial charge on any atom is 0.279 e. The number of amides is 1. The number of aromatic nitrogens is 1. The maximum atomic E-state index is 12.7. The van der Waals surface area contributed by atoms with E-state index in [4.69, 9.17) is 4.98 Å². The summed E-state index contributed by atoms with van der Waals surface area (Å²) in [5.41, 5.74) is 5.56. The van der Waals surface area contributed by atoms with Crippen molar-refractivity contribution in [2.45, 2.75) is 39.5 Å². The van der Waals surface area contributed by atoms with E-state index in [1.54, 1.807) is 0 Å². The first-order chi connectivity index (χ1) is 13.5. The molecule has 1 aliphatic rings. The lowest BCUT2D eigenvalue weighted by atomic mass is 9.98. The van der Waals surface area contributed by atoms with Crippen LogP contribution in [0, 0.1) is 20.8 Å². The first kappa shape index (κ1) is 19.1. The van der Waals surface area contributed by atoms with Gasteiger partial charge in [-0.05, 0) is 56.9 Å². The fraction of sp³-hybridized carbons (Fsp3) is 0.391. The molecule has 3 aromatic rings. The van der Waals surface area contributed by atoms with Crippen LogP contribution in [-0.2, 0) is 4.79 Å². The van der Waals surface area contributed by atoms with Crippen LogP contribution in [0.1, 0.15) is 40.5 Å². The average Bonchev–Trinajstić information content (AvgIpc) is 3.09. The lowest BCUT2D eigenvalue weighted by Crippen LogP contribution is -3.14. The lowest BCUT2D eigenvalue weighted by molar-refractivity contribution is -0.898. The largest absolute Gasteiger partial charge is 0.327 e. The van der Waals surface area contributed by atoms with Crippen LogP contribution in [-0.4, -0.2) is 30.5 Å². The zero-order chi connectivity index (χ0) is 19.7. The average molecular weight is 395 g/mol. The van der Waals surface area contributed by atoms with E-state index in [9.17, 15) is 4.79 Å². The number of aryl methyl sites for hydroxylation is 3. The Balaban J connectivity index is 1.41. The van der Waals surface area contributed by atoms with E-state index in [-0.39, 0.29) is 5.91 Å². The van der Waals surface area contributed by atoms with Gasteiger partial charge in [-0.2, -0.15) is 0 Å². The molecule has 0 saturated carbocycles. The van der Waals surface area contributed by atoms with Gasteiger partial charge in [0.05, 0.1) is 29.2 Å². The van der Waals surface area contributed by atoms with Crippen LogP contribution in [0.5, 0.6) is 0 Å². The number of piperidine rings is 1. The third-order valence-corrected chi connectivity index (χ3v) is 6.83. The van der Waals surface area contributed by atoms with Crippen LogP contribution in [0.15, 0.2) is 36.4 Å². The number of quaternary nitrogens is 1. The number of likely N-dealkylation sites (tertiary alicyclic amines) is 1. The Morgan fingerprint density at radius 2 is 1.96 bits per heavy atom. The predicted octanol–water partition coefficient (Wildman–Crippen LogP) is 3.62. The molecule has 0 spiro atoms. The van der Waals surface area contributed by atoms with Gasteiger partial charge >= 0.3 is 0 Å². The Morgan fingerprint density at radius 3 is 2.71 bits per heavy atom. The standard InChI is InChI=1S/C23H27N3OS/c1-15-11-16(2)22(17(3)12-15)25-21(27)14-26-10-6-7-18(13-26)23-24-19-8-4-5-9-20(19)28-23/h4-5,8-9,11-12,18H,6-7,10,13-14H2,1-3H3,(H,25,27)/p+1/t18-/m0/s1. The second-order valence-electron chi connectivity index (χ2n) is 8.06. The molecule has 0 aliphatic carbocycles. The number of rotatable bonds is 4. The smallest absolute Gasteiger partial charge is 0.279 e. The van der Waals surface area contributed by atoms with Gasteiger partial charge < -0.3 is 10.2 Å². The highest BCUT2D eigenvalue weighted by atomic mass is 32.1. The fourth-order valence-electron chi connectivity index (χ4n) is 4.37.